The predicted molar refractivity (Wildman–Crippen MR) is 98.0 cm³/mol. The second-order valence-corrected chi connectivity index (χ2v) is 6.67. The van der Waals surface area contributed by atoms with Crippen LogP contribution in [-0.4, -0.2) is 59.8 Å². The molecule has 2 aromatic rings. The summed E-state index contributed by atoms with van der Waals surface area (Å²) < 4.78 is 13.4. The lowest BCUT2D eigenvalue weighted by molar-refractivity contribution is -0.125. The first-order valence-corrected chi connectivity index (χ1v) is 8.79. The zero-order valence-electron chi connectivity index (χ0n) is 15.5. The Morgan fingerprint density at radius 3 is 2.81 bits per heavy atom. The van der Waals surface area contributed by atoms with Crippen molar-refractivity contribution in [1.82, 2.24) is 19.8 Å². The van der Waals surface area contributed by atoms with Gasteiger partial charge in [-0.05, 0) is 26.1 Å². The molecule has 2 atom stereocenters. The summed E-state index contributed by atoms with van der Waals surface area (Å²) in [6.45, 7) is 3.91. The number of morpholine rings is 1. The standard InChI is InChI=1S/C19H26N4O3/c1-14-4-6-15(7-5-14)26-12-18(24)21-11-17-19(22(2)8-9-25-17)16-10-20-13-23(16)3/h4-7,10,13,17,19H,8-9,11-12H2,1-3H3,(H,21,24)/t17-,19-/m0/s1. The van der Waals surface area contributed by atoms with E-state index in [0.717, 1.165) is 17.8 Å². The average molecular weight is 358 g/mol. The number of likely N-dealkylation sites (N-methyl/N-ethyl adjacent to an activating group) is 1. The molecule has 0 bridgehead atoms. The van der Waals surface area contributed by atoms with E-state index in [4.69, 9.17) is 9.47 Å². The highest BCUT2D eigenvalue weighted by molar-refractivity contribution is 5.77. The van der Waals surface area contributed by atoms with Gasteiger partial charge in [0.15, 0.2) is 6.61 Å². The van der Waals surface area contributed by atoms with Crippen molar-refractivity contribution >= 4 is 5.91 Å². The van der Waals surface area contributed by atoms with Gasteiger partial charge >= 0.3 is 0 Å². The molecule has 0 aliphatic carbocycles. The monoisotopic (exact) mass is 358 g/mol. The van der Waals surface area contributed by atoms with E-state index in [2.05, 4.69) is 22.2 Å². The SMILES string of the molecule is Cc1ccc(OCC(=O)NC[C@@H]2OCCN(C)[C@H]2c2cncn2C)cc1. The van der Waals surface area contributed by atoms with Gasteiger partial charge in [0.25, 0.3) is 5.91 Å². The number of amides is 1. The number of aromatic nitrogens is 2. The second kappa shape index (κ2) is 8.33. The molecule has 2 heterocycles. The van der Waals surface area contributed by atoms with Gasteiger partial charge in [-0.1, -0.05) is 17.7 Å². The third-order valence-corrected chi connectivity index (χ3v) is 4.65. The number of carbonyl (C=O) groups excluding carboxylic acids is 1. The maximum atomic E-state index is 12.1. The van der Waals surface area contributed by atoms with E-state index in [1.807, 2.05) is 49.0 Å². The summed E-state index contributed by atoms with van der Waals surface area (Å²) in [5.41, 5.74) is 2.23. The van der Waals surface area contributed by atoms with Crippen molar-refractivity contribution in [3.63, 3.8) is 0 Å². The number of nitrogens with zero attached hydrogens (tertiary/aromatic N) is 3. The van der Waals surface area contributed by atoms with E-state index >= 15 is 0 Å². The highest BCUT2D eigenvalue weighted by Gasteiger charge is 2.33. The maximum absolute atomic E-state index is 12.1. The highest BCUT2D eigenvalue weighted by Crippen LogP contribution is 2.27. The molecule has 1 aromatic heterocycles. The quantitative estimate of drug-likeness (QED) is 0.843. The zero-order chi connectivity index (χ0) is 18.5. The highest BCUT2D eigenvalue weighted by atomic mass is 16.5. The topological polar surface area (TPSA) is 68.6 Å². The molecule has 1 aliphatic rings. The van der Waals surface area contributed by atoms with Crippen LogP contribution in [0.1, 0.15) is 17.3 Å². The van der Waals surface area contributed by atoms with Gasteiger partial charge in [0.2, 0.25) is 0 Å². The molecule has 1 fully saturated rings. The minimum absolute atomic E-state index is 0.0119. The number of rotatable bonds is 6. The van der Waals surface area contributed by atoms with Gasteiger partial charge < -0.3 is 19.4 Å². The number of aryl methyl sites for hydroxylation is 2. The van der Waals surface area contributed by atoms with Gasteiger partial charge in [-0.15, -0.1) is 0 Å². The lowest BCUT2D eigenvalue weighted by atomic mass is 10.0. The number of nitrogens with one attached hydrogen (secondary N) is 1. The van der Waals surface area contributed by atoms with Crippen LogP contribution < -0.4 is 10.1 Å². The summed E-state index contributed by atoms with van der Waals surface area (Å²) >= 11 is 0. The molecule has 0 radical (unpaired) electrons. The molecule has 1 N–H and O–H groups in total. The van der Waals surface area contributed by atoms with E-state index in [-0.39, 0.29) is 24.7 Å². The zero-order valence-corrected chi connectivity index (χ0v) is 15.5. The summed E-state index contributed by atoms with van der Waals surface area (Å²) in [6, 6.07) is 7.68. The van der Waals surface area contributed by atoms with Crippen LogP contribution in [0.25, 0.3) is 0 Å². The summed E-state index contributed by atoms with van der Waals surface area (Å²) in [5, 5.41) is 2.92. The number of carbonyl (C=O) groups is 1. The fourth-order valence-corrected chi connectivity index (χ4v) is 3.15. The van der Waals surface area contributed by atoms with Crippen molar-refractivity contribution in [3.05, 3.63) is 48.0 Å². The molecule has 0 unspecified atom stereocenters. The molecule has 0 saturated carbocycles. The molecule has 140 valence electrons. The minimum Gasteiger partial charge on any atom is -0.484 e. The molecule has 7 nitrogen and oxygen atoms in total. The molecule has 0 spiro atoms. The Labute approximate surface area is 153 Å². The molecule has 1 saturated heterocycles. The van der Waals surface area contributed by atoms with Crippen LogP contribution >= 0.6 is 0 Å². The molecular formula is C19H26N4O3. The number of benzene rings is 1. The van der Waals surface area contributed by atoms with E-state index in [1.165, 1.54) is 0 Å². The average Bonchev–Trinajstić information content (AvgIpc) is 3.05. The lowest BCUT2D eigenvalue weighted by Crippen LogP contribution is -2.49. The summed E-state index contributed by atoms with van der Waals surface area (Å²) in [5.74, 6) is 0.526. The number of ether oxygens (including phenoxy) is 2. The Bertz CT molecular complexity index is 729. The normalized spacial score (nSPS) is 20.7. The van der Waals surface area contributed by atoms with Crippen LogP contribution in [-0.2, 0) is 16.6 Å². The van der Waals surface area contributed by atoms with Crippen LogP contribution in [0, 0.1) is 6.92 Å². The first-order valence-electron chi connectivity index (χ1n) is 8.79. The van der Waals surface area contributed by atoms with Crippen molar-refractivity contribution in [2.24, 2.45) is 7.05 Å². The van der Waals surface area contributed by atoms with Gasteiger partial charge in [0.05, 0.1) is 30.8 Å². The minimum atomic E-state index is -0.161. The largest absolute Gasteiger partial charge is 0.484 e. The van der Waals surface area contributed by atoms with Gasteiger partial charge in [-0.3, -0.25) is 9.69 Å². The van der Waals surface area contributed by atoms with E-state index < -0.39 is 0 Å². The van der Waals surface area contributed by atoms with Crippen molar-refractivity contribution < 1.29 is 14.3 Å². The van der Waals surface area contributed by atoms with E-state index in [0.29, 0.717) is 18.9 Å². The second-order valence-electron chi connectivity index (χ2n) is 6.67. The Morgan fingerprint density at radius 2 is 2.12 bits per heavy atom. The molecule has 3 rings (SSSR count). The maximum Gasteiger partial charge on any atom is 0.258 e. The Kier molecular flexibility index (Phi) is 5.90. The first kappa shape index (κ1) is 18.4. The molecule has 1 aromatic carbocycles. The number of hydrogen-bond acceptors (Lipinski definition) is 5. The number of imidazole rings is 1. The molecule has 1 aliphatic heterocycles. The number of hydrogen-bond donors (Lipinski definition) is 1. The van der Waals surface area contributed by atoms with Crippen molar-refractivity contribution in [2.75, 3.05) is 33.4 Å². The van der Waals surface area contributed by atoms with Crippen LogP contribution in [0.4, 0.5) is 0 Å². The van der Waals surface area contributed by atoms with Gasteiger partial charge in [-0.2, -0.15) is 0 Å². The lowest BCUT2D eigenvalue weighted by Gasteiger charge is -2.39. The third kappa shape index (κ3) is 4.42. The van der Waals surface area contributed by atoms with Gasteiger partial charge in [0, 0.05) is 26.3 Å². The smallest absolute Gasteiger partial charge is 0.258 e. The van der Waals surface area contributed by atoms with Gasteiger partial charge in [-0.25, -0.2) is 4.98 Å². The fourth-order valence-electron chi connectivity index (χ4n) is 3.15. The first-order chi connectivity index (χ1) is 12.5. The van der Waals surface area contributed by atoms with E-state index in [9.17, 15) is 4.79 Å². The summed E-state index contributed by atoms with van der Waals surface area (Å²) in [4.78, 5) is 18.6. The predicted octanol–water partition coefficient (Wildman–Crippen LogP) is 1.30. The van der Waals surface area contributed by atoms with Crippen LogP contribution in [0.15, 0.2) is 36.8 Å². The van der Waals surface area contributed by atoms with Crippen molar-refractivity contribution in [3.8, 4) is 5.75 Å². The van der Waals surface area contributed by atoms with Crippen LogP contribution in [0.5, 0.6) is 5.75 Å². The fraction of sp³-hybridized carbons (Fsp3) is 0.474. The van der Waals surface area contributed by atoms with Crippen LogP contribution in [0.2, 0.25) is 0 Å². The Hall–Kier alpha value is -2.38. The van der Waals surface area contributed by atoms with Crippen molar-refractivity contribution in [1.29, 1.82) is 0 Å². The Morgan fingerprint density at radius 1 is 1.35 bits per heavy atom. The molecular weight excluding hydrogens is 332 g/mol. The molecule has 1 amide bonds. The van der Waals surface area contributed by atoms with Crippen molar-refractivity contribution in [2.45, 2.75) is 19.1 Å². The van der Waals surface area contributed by atoms with Crippen LogP contribution in [0.3, 0.4) is 0 Å². The summed E-state index contributed by atoms with van der Waals surface area (Å²) in [6.07, 6.45) is 3.50. The Balaban J connectivity index is 1.54. The summed E-state index contributed by atoms with van der Waals surface area (Å²) in [7, 11) is 4.03. The van der Waals surface area contributed by atoms with E-state index in [1.54, 1.807) is 6.33 Å². The molecule has 26 heavy (non-hydrogen) atoms. The molecule has 7 heteroatoms. The third-order valence-electron chi connectivity index (χ3n) is 4.65. The van der Waals surface area contributed by atoms with Gasteiger partial charge in [0.1, 0.15) is 5.75 Å².